The van der Waals surface area contributed by atoms with Crippen LogP contribution in [-0.2, 0) is 11.3 Å². The van der Waals surface area contributed by atoms with E-state index in [4.69, 9.17) is 4.74 Å². The van der Waals surface area contributed by atoms with Crippen LogP contribution in [0.4, 0.5) is 5.69 Å². The van der Waals surface area contributed by atoms with E-state index in [2.05, 4.69) is 10.6 Å². The fraction of sp³-hybridized carbons (Fsp3) is 0.462. The summed E-state index contributed by atoms with van der Waals surface area (Å²) in [5, 5.41) is 16.6. The number of carbonyl (C=O) groups is 1. The number of rotatable bonds is 8. The van der Waals surface area contributed by atoms with Crippen molar-refractivity contribution in [2.45, 2.75) is 19.9 Å². The monoisotopic (exact) mass is 281 g/mol. The minimum absolute atomic E-state index is 0.0892. The van der Waals surface area contributed by atoms with E-state index in [0.717, 1.165) is 5.56 Å². The SMILES string of the molecule is CCNC(=O)CCOc1ccc(CNC)cc1[N+](=O)[O-]. The first-order chi connectivity index (χ1) is 9.58. The van der Waals surface area contributed by atoms with Crippen molar-refractivity contribution in [2.75, 3.05) is 20.2 Å². The number of nitro benzene ring substituents is 1. The van der Waals surface area contributed by atoms with Crippen LogP contribution in [0.3, 0.4) is 0 Å². The lowest BCUT2D eigenvalue weighted by Gasteiger charge is -2.08. The molecule has 0 aromatic heterocycles. The summed E-state index contributed by atoms with van der Waals surface area (Å²) in [5.41, 5.74) is 0.712. The van der Waals surface area contributed by atoms with Gasteiger partial charge in [-0.05, 0) is 25.6 Å². The summed E-state index contributed by atoms with van der Waals surface area (Å²) < 4.78 is 5.33. The second kappa shape index (κ2) is 8.11. The molecule has 110 valence electrons. The first-order valence-electron chi connectivity index (χ1n) is 6.40. The van der Waals surface area contributed by atoms with E-state index in [1.807, 2.05) is 6.92 Å². The summed E-state index contributed by atoms with van der Waals surface area (Å²) in [6.45, 7) is 3.03. The third-order valence-electron chi connectivity index (χ3n) is 2.56. The number of benzene rings is 1. The Kier molecular flexibility index (Phi) is 6.45. The fourth-order valence-electron chi connectivity index (χ4n) is 1.68. The maximum absolute atomic E-state index is 11.3. The molecule has 0 spiro atoms. The van der Waals surface area contributed by atoms with Crippen molar-refractivity contribution in [3.05, 3.63) is 33.9 Å². The van der Waals surface area contributed by atoms with Crippen molar-refractivity contribution in [3.8, 4) is 5.75 Å². The molecule has 1 rings (SSSR count). The van der Waals surface area contributed by atoms with Gasteiger partial charge < -0.3 is 15.4 Å². The molecule has 2 N–H and O–H groups in total. The third-order valence-corrected chi connectivity index (χ3v) is 2.56. The summed E-state index contributed by atoms with van der Waals surface area (Å²) in [6, 6.07) is 4.78. The summed E-state index contributed by atoms with van der Waals surface area (Å²) in [6.07, 6.45) is 0.170. The molecule has 0 radical (unpaired) electrons. The molecule has 0 unspecified atom stereocenters. The number of carbonyl (C=O) groups excluding carboxylic acids is 1. The number of amides is 1. The zero-order chi connectivity index (χ0) is 15.0. The van der Waals surface area contributed by atoms with Crippen LogP contribution in [0.15, 0.2) is 18.2 Å². The van der Waals surface area contributed by atoms with Crippen LogP contribution in [0.1, 0.15) is 18.9 Å². The van der Waals surface area contributed by atoms with Gasteiger partial charge in [-0.3, -0.25) is 14.9 Å². The Hall–Kier alpha value is -2.15. The Balaban J connectivity index is 2.69. The second-order valence-corrected chi connectivity index (χ2v) is 4.14. The van der Waals surface area contributed by atoms with E-state index in [9.17, 15) is 14.9 Å². The quantitative estimate of drug-likeness (QED) is 0.552. The number of hydrogen-bond acceptors (Lipinski definition) is 5. The van der Waals surface area contributed by atoms with Crippen LogP contribution < -0.4 is 15.4 Å². The molecular weight excluding hydrogens is 262 g/mol. The van der Waals surface area contributed by atoms with E-state index in [1.54, 1.807) is 19.2 Å². The topological polar surface area (TPSA) is 93.5 Å². The van der Waals surface area contributed by atoms with Gasteiger partial charge in [-0.15, -0.1) is 0 Å². The molecule has 7 heteroatoms. The Morgan fingerprint density at radius 2 is 2.20 bits per heavy atom. The minimum atomic E-state index is -0.486. The summed E-state index contributed by atoms with van der Waals surface area (Å²) in [7, 11) is 1.77. The van der Waals surface area contributed by atoms with E-state index in [-0.39, 0.29) is 30.4 Å². The van der Waals surface area contributed by atoms with Crippen molar-refractivity contribution in [2.24, 2.45) is 0 Å². The van der Waals surface area contributed by atoms with Crippen LogP contribution in [0.25, 0.3) is 0 Å². The van der Waals surface area contributed by atoms with Gasteiger partial charge in [-0.25, -0.2) is 0 Å². The Bertz CT molecular complexity index is 477. The van der Waals surface area contributed by atoms with Gasteiger partial charge in [0.1, 0.15) is 0 Å². The van der Waals surface area contributed by atoms with Crippen molar-refractivity contribution < 1.29 is 14.5 Å². The number of nitrogens with zero attached hydrogens (tertiary/aromatic N) is 1. The van der Waals surface area contributed by atoms with Crippen molar-refractivity contribution in [1.82, 2.24) is 10.6 Å². The predicted octanol–water partition coefficient (Wildman–Crippen LogP) is 1.22. The molecule has 0 saturated carbocycles. The molecule has 7 nitrogen and oxygen atoms in total. The smallest absolute Gasteiger partial charge is 0.311 e. The molecule has 1 amide bonds. The van der Waals surface area contributed by atoms with Gasteiger partial charge in [0, 0.05) is 19.2 Å². The van der Waals surface area contributed by atoms with Gasteiger partial charge in [0.2, 0.25) is 5.91 Å². The summed E-state index contributed by atoms with van der Waals surface area (Å²) >= 11 is 0. The maximum Gasteiger partial charge on any atom is 0.311 e. The lowest BCUT2D eigenvalue weighted by molar-refractivity contribution is -0.385. The number of nitrogens with one attached hydrogen (secondary N) is 2. The third kappa shape index (κ3) is 4.85. The molecule has 0 atom stereocenters. The van der Waals surface area contributed by atoms with E-state index in [1.165, 1.54) is 6.07 Å². The maximum atomic E-state index is 11.3. The zero-order valence-corrected chi connectivity index (χ0v) is 11.6. The lowest BCUT2D eigenvalue weighted by atomic mass is 10.2. The van der Waals surface area contributed by atoms with Crippen LogP contribution in [-0.4, -0.2) is 31.0 Å². The Morgan fingerprint density at radius 1 is 1.45 bits per heavy atom. The zero-order valence-electron chi connectivity index (χ0n) is 11.6. The molecule has 1 aromatic rings. The van der Waals surface area contributed by atoms with Gasteiger partial charge in [0.25, 0.3) is 0 Å². The highest BCUT2D eigenvalue weighted by Crippen LogP contribution is 2.28. The molecule has 0 saturated heterocycles. The van der Waals surface area contributed by atoms with Crippen LogP contribution in [0.2, 0.25) is 0 Å². The van der Waals surface area contributed by atoms with Crippen LogP contribution >= 0.6 is 0 Å². The predicted molar refractivity (Wildman–Crippen MR) is 74.7 cm³/mol. The average molecular weight is 281 g/mol. The molecular formula is C13H19N3O4. The molecule has 0 bridgehead atoms. The lowest BCUT2D eigenvalue weighted by Crippen LogP contribution is -2.24. The second-order valence-electron chi connectivity index (χ2n) is 4.14. The minimum Gasteiger partial charge on any atom is -0.486 e. The number of hydrogen-bond donors (Lipinski definition) is 2. The standard InChI is InChI=1S/C13H19N3O4/c1-3-15-13(17)6-7-20-12-5-4-10(9-14-2)8-11(12)16(18)19/h4-5,8,14H,3,6-7,9H2,1-2H3,(H,15,17). The highest BCUT2D eigenvalue weighted by atomic mass is 16.6. The van der Waals surface area contributed by atoms with Gasteiger partial charge in [0.05, 0.1) is 18.0 Å². The van der Waals surface area contributed by atoms with Gasteiger partial charge in [0.15, 0.2) is 5.75 Å². The molecule has 0 fully saturated rings. The van der Waals surface area contributed by atoms with E-state index < -0.39 is 4.92 Å². The van der Waals surface area contributed by atoms with Crippen LogP contribution in [0, 0.1) is 10.1 Å². The van der Waals surface area contributed by atoms with Gasteiger partial charge in [-0.1, -0.05) is 6.07 Å². The average Bonchev–Trinajstić information content (AvgIpc) is 2.40. The van der Waals surface area contributed by atoms with E-state index in [0.29, 0.717) is 13.1 Å². The molecule has 0 aliphatic carbocycles. The van der Waals surface area contributed by atoms with Crippen LogP contribution in [0.5, 0.6) is 5.75 Å². The van der Waals surface area contributed by atoms with Crippen molar-refractivity contribution in [3.63, 3.8) is 0 Å². The molecule has 20 heavy (non-hydrogen) atoms. The first-order valence-corrected chi connectivity index (χ1v) is 6.40. The summed E-state index contributed by atoms with van der Waals surface area (Å²) in [4.78, 5) is 21.8. The highest BCUT2D eigenvalue weighted by molar-refractivity contribution is 5.75. The molecule has 0 heterocycles. The van der Waals surface area contributed by atoms with Crippen molar-refractivity contribution in [1.29, 1.82) is 0 Å². The number of nitro groups is 1. The molecule has 0 aliphatic heterocycles. The molecule has 1 aromatic carbocycles. The molecule has 0 aliphatic rings. The first kappa shape index (κ1) is 15.9. The highest BCUT2D eigenvalue weighted by Gasteiger charge is 2.16. The fourth-order valence-corrected chi connectivity index (χ4v) is 1.68. The Labute approximate surface area is 117 Å². The van der Waals surface area contributed by atoms with E-state index >= 15 is 0 Å². The largest absolute Gasteiger partial charge is 0.486 e. The Morgan fingerprint density at radius 3 is 2.80 bits per heavy atom. The van der Waals surface area contributed by atoms with Crippen molar-refractivity contribution >= 4 is 11.6 Å². The van der Waals surface area contributed by atoms with Gasteiger partial charge in [-0.2, -0.15) is 0 Å². The normalized spacial score (nSPS) is 10.1. The van der Waals surface area contributed by atoms with Gasteiger partial charge >= 0.3 is 5.69 Å². The summed E-state index contributed by atoms with van der Waals surface area (Å²) in [5.74, 6) is 0.0427. The number of ether oxygens (including phenoxy) is 1.